The molecule has 1 fully saturated rings. The van der Waals surface area contributed by atoms with E-state index in [0.29, 0.717) is 38.6 Å². The van der Waals surface area contributed by atoms with Crippen molar-refractivity contribution < 1.29 is 19.1 Å². The van der Waals surface area contributed by atoms with E-state index < -0.39 is 5.97 Å². The van der Waals surface area contributed by atoms with Crippen LogP contribution in [0.3, 0.4) is 0 Å². The molecule has 1 saturated carbocycles. The fourth-order valence-corrected chi connectivity index (χ4v) is 2.97. The number of carboxylic acids is 1. The van der Waals surface area contributed by atoms with E-state index in [1.807, 2.05) is 6.92 Å². The number of carbonyl (C=O) groups is 2. The third-order valence-electron chi connectivity index (χ3n) is 4.40. The van der Waals surface area contributed by atoms with Crippen LogP contribution in [0.2, 0.25) is 0 Å². The Labute approximate surface area is 135 Å². The molecule has 0 unspecified atom stereocenters. The van der Waals surface area contributed by atoms with Crippen molar-refractivity contribution in [3.05, 3.63) is 35.1 Å². The predicted molar refractivity (Wildman–Crippen MR) is 84.8 cm³/mol. The van der Waals surface area contributed by atoms with Gasteiger partial charge in [-0.2, -0.15) is 0 Å². The SMILES string of the molecule is Cc1cc(F)ccc1CCNC(=O)NC1CCC(C(=O)O)CC1. The Hall–Kier alpha value is -2.11. The lowest BCUT2D eigenvalue weighted by Gasteiger charge is -2.26. The number of hydrogen-bond donors (Lipinski definition) is 3. The molecule has 2 amide bonds. The van der Waals surface area contributed by atoms with Crippen LogP contribution < -0.4 is 10.6 Å². The van der Waals surface area contributed by atoms with Crippen LogP contribution in [0.4, 0.5) is 9.18 Å². The van der Waals surface area contributed by atoms with Crippen molar-refractivity contribution >= 4 is 12.0 Å². The summed E-state index contributed by atoms with van der Waals surface area (Å²) in [5.74, 6) is -1.28. The van der Waals surface area contributed by atoms with Gasteiger partial charge in [-0.3, -0.25) is 4.79 Å². The van der Waals surface area contributed by atoms with Gasteiger partial charge < -0.3 is 15.7 Å². The molecular formula is C17H23FN2O3. The number of carboxylic acid groups (broad SMARTS) is 1. The van der Waals surface area contributed by atoms with Crippen LogP contribution in [-0.4, -0.2) is 29.7 Å². The van der Waals surface area contributed by atoms with E-state index in [2.05, 4.69) is 10.6 Å². The van der Waals surface area contributed by atoms with Crippen LogP contribution in [0, 0.1) is 18.7 Å². The van der Waals surface area contributed by atoms with Crippen molar-refractivity contribution in [2.75, 3.05) is 6.54 Å². The smallest absolute Gasteiger partial charge is 0.315 e. The summed E-state index contributed by atoms with van der Waals surface area (Å²) in [5.41, 5.74) is 1.88. The minimum absolute atomic E-state index is 0.0400. The van der Waals surface area contributed by atoms with E-state index in [1.165, 1.54) is 12.1 Å². The fraction of sp³-hybridized carbons (Fsp3) is 0.529. The minimum Gasteiger partial charge on any atom is -0.481 e. The van der Waals surface area contributed by atoms with E-state index in [1.54, 1.807) is 6.07 Å². The van der Waals surface area contributed by atoms with Gasteiger partial charge in [-0.25, -0.2) is 9.18 Å². The Morgan fingerprint density at radius 1 is 1.26 bits per heavy atom. The minimum atomic E-state index is -0.748. The van der Waals surface area contributed by atoms with E-state index in [0.717, 1.165) is 11.1 Å². The molecule has 0 spiro atoms. The second kappa shape index (κ2) is 7.94. The highest BCUT2D eigenvalue weighted by Crippen LogP contribution is 2.24. The van der Waals surface area contributed by atoms with Gasteiger partial charge >= 0.3 is 12.0 Å². The summed E-state index contributed by atoms with van der Waals surface area (Å²) < 4.78 is 13.0. The van der Waals surface area contributed by atoms with Gasteiger partial charge in [0.1, 0.15) is 5.82 Å². The Bertz CT molecular complexity index is 569. The van der Waals surface area contributed by atoms with E-state index in [4.69, 9.17) is 5.11 Å². The molecule has 0 atom stereocenters. The number of aliphatic carboxylic acids is 1. The van der Waals surface area contributed by atoms with E-state index in [9.17, 15) is 14.0 Å². The third-order valence-corrected chi connectivity index (χ3v) is 4.40. The van der Waals surface area contributed by atoms with Gasteiger partial charge in [-0.05, 0) is 62.3 Å². The van der Waals surface area contributed by atoms with Crippen molar-refractivity contribution in [2.45, 2.75) is 45.1 Å². The molecule has 2 rings (SSSR count). The average molecular weight is 322 g/mol. The van der Waals surface area contributed by atoms with Crippen molar-refractivity contribution in [3.8, 4) is 0 Å². The standard InChI is InChI=1S/C17H23FN2O3/c1-11-10-14(18)5-2-12(11)8-9-19-17(23)20-15-6-3-13(4-7-15)16(21)22/h2,5,10,13,15H,3-4,6-9H2,1H3,(H,21,22)(H2,19,20,23). The Morgan fingerprint density at radius 3 is 2.57 bits per heavy atom. The van der Waals surface area contributed by atoms with Gasteiger partial charge in [-0.15, -0.1) is 0 Å². The van der Waals surface area contributed by atoms with Crippen LogP contribution in [0.15, 0.2) is 18.2 Å². The number of carbonyl (C=O) groups excluding carboxylic acids is 1. The van der Waals surface area contributed by atoms with Gasteiger partial charge in [-0.1, -0.05) is 6.07 Å². The molecule has 5 nitrogen and oxygen atoms in total. The van der Waals surface area contributed by atoms with Crippen molar-refractivity contribution in [1.82, 2.24) is 10.6 Å². The summed E-state index contributed by atoms with van der Waals surface area (Å²) in [5, 5.41) is 14.6. The Kier molecular flexibility index (Phi) is 5.96. The monoisotopic (exact) mass is 322 g/mol. The van der Waals surface area contributed by atoms with Crippen molar-refractivity contribution in [3.63, 3.8) is 0 Å². The predicted octanol–water partition coefficient (Wildman–Crippen LogP) is 2.62. The number of amides is 2. The Morgan fingerprint density at radius 2 is 1.96 bits per heavy atom. The summed E-state index contributed by atoms with van der Waals surface area (Å²) in [7, 11) is 0. The number of nitrogens with one attached hydrogen (secondary N) is 2. The largest absolute Gasteiger partial charge is 0.481 e. The highest BCUT2D eigenvalue weighted by atomic mass is 19.1. The summed E-state index contributed by atoms with van der Waals surface area (Å²) in [4.78, 5) is 22.7. The molecule has 0 radical (unpaired) electrons. The molecule has 1 aliphatic rings. The zero-order valence-corrected chi connectivity index (χ0v) is 13.3. The first-order valence-corrected chi connectivity index (χ1v) is 7.98. The maximum absolute atomic E-state index is 13.0. The molecule has 6 heteroatoms. The highest BCUT2D eigenvalue weighted by Gasteiger charge is 2.26. The first kappa shape index (κ1) is 17.2. The molecule has 126 valence electrons. The zero-order chi connectivity index (χ0) is 16.8. The third kappa shape index (κ3) is 5.23. The lowest BCUT2D eigenvalue weighted by Crippen LogP contribution is -2.44. The van der Waals surface area contributed by atoms with Gasteiger partial charge in [0, 0.05) is 12.6 Å². The maximum atomic E-state index is 13.0. The molecule has 23 heavy (non-hydrogen) atoms. The molecule has 1 aromatic carbocycles. The van der Waals surface area contributed by atoms with E-state index in [-0.39, 0.29) is 23.8 Å². The van der Waals surface area contributed by atoms with Gasteiger partial charge in [0.25, 0.3) is 0 Å². The van der Waals surface area contributed by atoms with Crippen LogP contribution in [0.1, 0.15) is 36.8 Å². The normalized spacial score (nSPS) is 20.8. The molecule has 0 aromatic heterocycles. The Balaban J connectivity index is 1.68. The number of halogens is 1. The number of urea groups is 1. The number of hydrogen-bond acceptors (Lipinski definition) is 2. The first-order valence-electron chi connectivity index (χ1n) is 7.98. The summed E-state index contributed by atoms with van der Waals surface area (Å²) in [6.45, 7) is 2.32. The van der Waals surface area contributed by atoms with E-state index >= 15 is 0 Å². The zero-order valence-electron chi connectivity index (χ0n) is 13.3. The van der Waals surface area contributed by atoms with Gasteiger partial charge in [0.2, 0.25) is 0 Å². The van der Waals surface area contributed by atoms with Crippen LogP contribution in [0.5, 0.6) is 0 Å². The first-order chi connectivity index (χ1) is 11.0. The molecule has 1 aliphatic carbocycles. The summed E-state index contributed by atoms with van der Waals surface area (Å²) in [6.07, 6.45) is 3.25. The molecule has 3 N–H and O–H groups in total. The van der Waals surface area contributed by atoms with Crippen LogP contribution in [0.25, 0.3) is 0 Å². The average Bonchev–Trinajstić information content (AvgIpc) is 2.50. The number of benzene rings is 1. The fourth-order valence-electron chi connectivity index (χ4n) is 2.97. The lowest BCUT2D eigenvalue weighted by molar-refractivity contribution is -0.142. The van der Waals surface area contributed by atoms with Gasteiger partial charge in [0.15, 0.2) is 0 Å². The van der Waals surface area contributed by atoms with Crippen LogP contribution in [-0.2, 0) is 11.2 Å². The summed E-state index contributed by atoms with van der Waals surface area (Å²) >= 11 is 0. The number of aryl methyl sites for hydroxylation is 1. The quantitative estimate of drug-likeness (QED) is 0.780. The highest BCUT2D eigenvalue weighted by molar-refractivity contribution is 5.74. The van der Waals surface area contributed by atoms with Gasteiger partial charge in [0.05, 0.1) is 5.92 Å². The molecule has 0 saturated heterocycles. The molecule has 0 bridgehead atoms. The molecular weight excluding hydrogens is 299 g/mol. The topological polar surface area (TPSA) is 78.4 Å². The second-order valence-corrected chi connectivity index (χ2v) is 6.11. The second-order valence-electron chi connectivity index (χ2n) is 6.11. The van der Waals surface area contributed by atoms with Crippen molar-refractivity contribution in [1.29, 1.82) is 0 Å². The molecule has 1 aromatic rings. The number of rotatable bonds is 5. The lowest BCUT2D eigenvalue weighted by atomic mass is 9.86. The summed E-state index contributed by atoms with van der Waals surface area (Å²) in [6, 6.07) is 4.44. The molecule has 0 aliphatic heterocycles. The van der Waals surface area contributed by atoms with Crippen LogP contribution >= 0.6 is 0 Å². The van der Waals surface area contributed by atoms with Crippen molar-refractivity contribution in [2.24, 2.45) is 5.92 Å². The molecule has 0 heterocycles. The maximum Gasteiger partial charge on any atom is 0.315 e.